The number of hydrogen-bond acceptors (Lipinski definition) is 4. The normalized spacial score (nSPS) is 16.2. The van der Waals surface area contributed by atoms with Gasteiger partial charge in [0.1, 0.15) is 5.82 Å². The largest absolute Gasteiger partial charge is 0.276 e. The molecule has 0 saturated carbocycles. The summed E-state index contributed by atoms with van der Waals surface area (Å²) < 4.78 is 38.0. The molecule has 2 aromatic carbocycles. The molecule has 0 amide bonds. The first-order valence-corrected chi connectivity index (χ1v) is 9.50. The summed E-state index contributed by atoms with van der Waals surface area (Å²) in [6.07, 6.45) is 0.581. The Morgan fingerprint density at radius 2 is 1.91 bits per heavy atom. The van der Waals surface area contributed by atoms with E-state index in [2.05, 4.69) is 9.93 Å². The Labute approximate surface area is 138 Å². The van der Waals surface area contributed by atoms with Crippen LogP contribution in [0, 0.1) is 12.7 Å². The molecule has 0 bridgehead atoms. The van der Waals surface area contributed by atoms with Gasteiger partial charge in [-0.1, -0.05) is 17.7 Å². The average molecular weight is 350 g/mol. The van der Waals surface area contributed by atoms with Crippen molar-refractivity contribution in [1.29, 1.82) is 0 Å². The molecule has 1 heterocycles. The van der Waals surface area contributed by atoms with Gasteiger partial charge < -0.3 is 0 Å². The summed E-state index contributed by atoms with van der Waals surface area (Å²) >= 11 is 1.61. The molecule has 1 aliphatic rings. The summed E-state index contributed by atoms with van der Waals surface area (Å²) in [7, 11) is -3.73. The highest BCUT2D eigenvalue weighted by molar-refractivity contribution is 7.99. The van der Waals surface area contributed by atoms with Crippen molar-refractivity contribution in [3.05, 3.63) is 59.4 Å². The van der Waals surface area contributed by atoms with Gasteiger partial charge in [-0.25, -0.2) is 4.39 Å². The third-order valence-electron chi connectivity index (χ3n) is 3.48. The highest BCUT2D eigenvalue weighted by atomic mass is 32.2. The highest BCUT2D eigenvalue weighted by Gasteiger charge is 2.19. The number of rotatable bonds is 3. The van der Waals surface area contributed by atoms with Crippen LogP contribution in [-0.4, -0.2) is 19.9 Å². The molecule has 0 unspecified atom stereocenters. The van der Waals surface area contributed by atoms with Crippen molar-refractivity contribution in [2.75, 3.05) is 5.75 Å². The van der Waals surface area contributed by atoms with Crippen LogP contribution in [0.3, 0.4) is 0 Å². The van der Waals surface area contributed by atoms with Crippen molar-refractivity contribution >= 4 is 27.5 Å². The summed E-state index contributed by atoms with van der Waals surface area (Å²) in [6, 6.07) is 11.0. The van der Waals surface area contributed by atoms with Crippen molar-refractivity contribution in [3.8, 4) is 0 Å². The third-order valence-corrected chi connectivity index (χ3v) is 5.78. The quantitative estimate of drug-likeness (QED) is 0.864. The monoisotopic (exact) mass is 350 g/mol. The van der Waals surface area contributed by atoms with Gasteiger partial charge in [0, 0.05) is 22.6 Å². The fourth-order valence-electron chi connectivity index (χ4n) is 2.25. The minimum Gasteiger partial charge on any atom is -0.207 e. The van der Waals surface area contributed by atoms with Crippen LogP contribution >= 0.6 is 11.8 Å². The first kappa shape index (κ1) is 16.0. The molecule has 2 aromatic rings. The van der Waals surface area contributed by atoms with E-state index in [0.29, 0.717) is 17.7 Å². The smallest absolute Gasteiger partial charge is 0.207 e. The maximum atomic E-state index is 13.4. The molecule has 0 fully saturated rings. The summed E-state index contributed by atoms with van der Waals surface area (Å²) in [5.74, 6) is 0.421. The van der Waals surface area contributed by atoms with Crippen molar-refractivity contribution in [2.45, 2.75) is 23.1 Å². The van der Waals surface area contributed by atoms with E-state index >= 15 is 0 Å². The van der Waals surface area contributed by atoms with Crippen LogP contribution in [0.25, 0.3) is 0 Å². The van der Waals surface area contributed by atoms with Crippen LogP contribution in [0.1, 0.15) is 17.5 Å². The molecule has 0 spiro atoms. The number of nitrogens with zero attached hydrogens (tertiary/aromatic N) is 1. The Kier molecular flexibility index (Phi) is 4.41. The molecule has 0 atom stereocenters. The first-order valence-electron chi connectivity index (χ1n) is 7.03. The average Bonchev–Trinajstić information content (AvgIpc) is 2.53. The van der Waals surface area contributed by atoms with E-state index < -0.39 is 10.0 Å². The van der Waals surface area contributed by atoms with Gasteiger partial charge in [-0.05, 0) is 37.3 Å². The fraction of sp³-hybridized carbons (Fsp3) is 0.188. The highest BCUT2D eigenvalue weighted by Crippen LogP contribution is 2.30. The van der Waals surface area contributed by atoms with Crippen molar-refractivity contribution < 1.29 is 12.8 Å². The molecule has 0 saturated heterocycles. The molecule has 0 radical (unpaired) electrons. The molecule has 23 heavy (non-hydrogen) atoms. The Bertz CT molecular complexity index is 862. The zero-order chi connectivity index (χ0) is 16.4. The van der Waals surface area contributed by atoms with E-state index in [1.54, 1.807) is 30.0 Å². The molecule has 7 heteroatoms. The Hall–Kier alpha value is -1.86. The van der Waals surface area contributed by atoms with Gasteiger partial charge in [0.25, 0.3) is 10.0 Å². The van der Waals surface area contributed by atoms with Crippen LogP contribution in [0.4, 0.5) is 4.39 Å². The van der Waals surface area contributed by atoms with Crippen LogP contribution in [0.2, 0.25) is 0 Å². The standard InChI is InChI=1S/C16H15FN2O2S2/c1-11-2-5-13(6-3-11)23(20,21)19-18-15-8-9-22-16-7-4-12(17)10-14(15)16/h2-7,10,19H,8-9H2,1H3. The molecular formula is C16H15FN2O2S2. The first-order chi connectivity index (χ1) is 11.0. The fourth-order valence-corrected chi connectivity index (χ4v) is 4.09. The van der Waals surface area contributed by atoms with E-state index in [1.807, 2.05) is 6.92 Å². The maximum Gasteiger partial charge on any atom is 0.276 e. The lowest BCUT2D eigenvalue weighted by atomic mass is 10.1. The third kappa shape index (κ3) is 3.56. The lowest BCUT2D eigenvalue weighted by Gasteiger charge is -2.17. The van der Waals surface area contributed by atoms with Gasteiger partial charge >= 0.3 is 0 Å². The second-order valence-electron chi connectivity index (χ2n) is 5.21. The molecule has 3 rings (SSSR count). The molecule has 120 valence electrons. The Morgan fingerprint density at radius 1 is 1.17 bits per heavy atom. The zero-order valence-electron chi connectivity index (χ0n) is 12.4. The van der Waals surface area contributed by atoms with Gasteiger partial charge in [0.05, 0.1) is 10.6 Å². The number of nitrogens with one attached hydrogen (secondary N) is 1. The second kappa shape index (κ2) is 6.33. The van der Waals surface area contributed by atoms with Gasteiger partial charge in [-0.15, -0.1) is 11.8 Å². The zero-order valence-corrected chi connectivity index (χ0v) is 14.0. The minimum atomic E-state index is -3.73. The second-order valence-corrected chi connectivity index (χ2v) is 8.00. The number of aryl methyl sites for hydroxylation is 1. The summed E-state index contributed by atoms with van der Waals surface area (Å²) in [5, 5.41) is 4.03. The van der Waals surface area contributed by atoms with Crippen LogP contribution in [0.5, 0.6) is 0 Å². The molecule has 0 aliphatic carbocycles. The number of sulfonamides is 1. The van der Waals surface area contributed by atoms with Gasteiger partial charge in [-0.2, -0.15) is 18.4 Å². The van der Waals surface area contributed by atoms with E-state index in [0.717, 1.165) is 16.2 Å². The van der Waals surface area contributed by atoms with Crippen LogP contribution < -0.4 is 4.83 Å². The summed E-state index contributed by atoms with van der Waals surface area (Å²) in [4.78, 5) is 3.31. The summed E-state index contributed by atoms with van der Waals surface area (Å²) in [6.45, 7) is 1.88. The molecule has 0 aromatic heterocycles. The van der Waals surface area contributed by atoms with E-state index in [9.17, 15) is 12.8 Å². The lowest BCUT2D eigenvalue weighted by Crippen LogP contribution is -2.22. The van der Waals surface area contributed by atoms with Crippen LogP contribution in [0.15, 0.2) is 57.4 Å². The number of thioether (sulfide) groups is 1. The van der Waals surface area contributed by atoms with Crippen molar-refractivity contribution in [3.63, 3.8) is 0 Å². The maximum absolute atomic E-state index is 13.4. The predicted octanol–water partition coefficient (Wildman–Crippen LogP) is 3.31. The molecule has 1 N–H and O–H groups in total. The van der Waals surface area contributed by atoms with Crippen LogP contribution in [-0.2, 0) is 10.0 Å². The minimum absolute atomic E-state index is 0.150. The Morgan fingerprint density at radius 3 is 2.65 bits per heavy atom. The number of benzene rings is 2. The van der Waals surface area contributed by atoms with E-state index in [1.165, 1.54) is 24.3 Å². The number of halogens is 1. The van der Waals surface area contributed by atoms with Crippen molar-refractivity contribution in [1.82, 2.24) is 4.83 Å². The lowest BCUT2D eigenvalue weighted by molar-refractivity contribution is 0.584. The molecule has 1 aliphatic heterocycles. The van der Waals surface area contributed by atoms with Gasteiger partial charge in [0.15, 0.2) is 0 Å². The number of hydrogen-bond donors (Lipinski definition) is 1. The Balaban J connectivity index is 1.89. The molecular weight excluding hydrogens is 335 g/mol. The van der Waals surface area contributed by atoms with E-state index in [4.69, 9.17) is 0 Å². The molecule has 4 nitrogen and oxygen atoms in total. The SMILES string of the molecule is Cc1ccc(S(=O)(=O)NN=C2CCSc3ccc(F)cc32)cc1. The van der Waals surface area contributed by atoms with Gasteiger partial charge in [0.2, 0.25) is 0 Å². The predicted molar refractivity (Wildman–Crippen MR) is 89.8 cm³/mol. The summed E-state index contributed by atoms with van der Waals surface area (Å²) in [5.41, 5.74) is 2.17. The van der Waals surface area contributed by atoms with Gasteiger partial charge in [-0.3, -0.25) is 0 Å². The topological polar surface area (TPSA) is 58.5 Å². The van der Waals surface area contributed by atoms with Crippen molar-refractivity contribution in [2.24, 2.45) is 5.10 Å². The van der Waals surface area contributed by atoms with E-state index in [-0.39, 0.29) is 10.7 Å². The number of fused-ring (bicyclic) bond motifs is 1. The number of hydrazone groups is 1.